The number of nitrogens with one attached hydrogen (secondary N) is 1. The van der Waals surface area contributed by atoms with E-state index in [9.17, 15) is 0 Å². The van der Waals surface area contributed by atoms with Gasteiger partial charge in [-0.1, -0.05) is 6.92 Å². The fourth-order valence-corrected chi connectivity index (χ4v) is 3.04. The molecule has 1 aromatic rings. The van der Waals surface area contributed by atoms with Gasteiger partial charge in [-0.2, -0.15) is 0 Å². The molecule has 1 unspecified atom stereocenters. The molecule has 0 spiro atoms. The lowest BCUT2D eigenvalue weighted by atomic mass is 10.1. The number of rotatable bonds is 9. The van der Waals surface area contributed by atoms with Crippen molar-refractivity contribution in [3.05, 3.63) is 11.9 Å². The van der Waals surface area contributed by atoms with Crippen molar-refractivity contribution in [3.8, 4) is 0 Å². The van der Waals surface area contributed by atoms with Gasteiger partial charge >= 0.3 is 0 Å². The molecule has 1 N–H and O–H groups in total. The molecule has 0 radical (unpaired) electrons. The lowest BCUT2D eigenvalue weighted by Gasteiger charge is -2.21. The standard InChI is InChI=1S/C16H30N4O/c1-14(11-19-8-4-5-9-19)12-20-13-15(2)18-16(20)17-7-6-10-21-3/h13-14H,4-12H2,1-3H3,(H,17,18). The maximum Gasteiger partial charge on any atom is 0.203 e. The minimum absolute atomic E-state index is 0.649. The lowest BCUT2D eigenvalue weighted by molar-refractivity contribution is 0.197. The molecule has 21 heavy (non-hydrogen) atoms. The van der Waals surface area contributed by atoms with Crippen LogP contribution in [0.25, 0.3) is 0 Å². The van der Waals surface area contributed by atoms with E-state index in [0.29, 0.717) is 5.92 Å². The van der Waals surface area contributed by atoms with E-state index in [-0.39, 0.29) is 0 Å². The zero-order valence-electron chi connectivity index (χ0n) is 13.8. The van der Waals surface area contributed by atoms with Gasteiger partial charge in [0.05, 0.1) is 5.69 Å². The van der Waals surface area contributed by atoms with E-state index >= 15 is 0 Å². The van der Waals surface area contributed by atoms with Crippen LogP contribution >= 0.6 is 0 Å². The number of ether oxygens (including phenoxy) is 1. The van der Waals surface area contributed by atoms with Gasteiger partial charge in [0.2, 0.25) is 5.95 Å². The van der Waals surface area contributed by atoms with E-state index in [1.165, 1.54) is 32.5 Å². The first-order valence-electron chi connectivity index (χ1n) is 8.18. The molecule has 2 heterocycles. The molecule has 0 aromatic carbocycles. The highest BCUT2D eigenvalue weighted by atomic mass is 16.5. The van der Waals surface area contributed by atoms with Crippen molar-refractivity contribution in [1.82, 2.24) is 14.5 Å². The number of aryl methyl sites for hydroxylation is 1. The first-order valence-corrected chi connectivity index (χ1v) is 8.18. The summed E-state index contributed by atoms with van der Waals surface area (Å²) in [5.41, 5.74) is 1.08. The fourth-order valence-electron chi connectivity index (χ4n) is 3.04. The van der Waals surface area contributed by atoms with Crippen LogP contribution in [0.1, 0.15) is 31.9 Å². The van der Waals surface area contributed by atoms with E-state index < -0.39 is 0 Å². The van der Waals surface area contributed by atoms with Crippen molar-refractivity contribution in [2.45, 2.75) is 39.7 Å². The third kappa shape index (κ3) is 5.32. The molecule has 1 fully saturated rings. The Morgan fingerprint density at radius 2 is 2.10 bits per heavy atom. The predicted octanol–water partition coefficient (Wildman–Crippen LogP) is 2.37. The number of likely N-dealkylation sites (tertiary alicyclic amines) is 1. The molecule has 2 rings (SSSR count). The number of anilines is 1. The molecule has 1 aliphatic heterocycles. The molecule has 0 saturated carbocycles. The first kappa shape index (κ1) is 16.3. The van der Waals surface area contributed by atoms with Gasteiger partial charge in [-0.05, 0) is 45.2 Å². The van der Waals surface area contributed by atoms with Crippen molar-refractivity contribution >= 4 is 5.95 Å². The third-order valence-corrected chi connectivity index (χ3v) is 3.98. The molecule has 5 heteroatoms. The van der Waals surface area contributed by atoms with Crippen LogP contribution in [-0.2, 0) is 11.3 Å². The second-order valence-corrected chi connectivity index (χ2v) is 6.24. The number of hydrogen-bond donors (Lipinski definition) is 1. The number of nitrogens with zero attached hydrogens (tertiary/aromatic N) is 3. The van der Waals surface area contributed by atoms with Crippen LogP contribution in [0.3, 0.4) is 0 Å². The molecule has 0 amide bonds. The Kier molecular flexibility index (Phi) is 6.51. The summed E-state index contributed by atoms with van der Waals surface area (Å²) in [5, 5.41) is 3.43. The van der Waals surface area contributed by atoms with Crippen LogP contribution in [0.5, 0.6) is 0 Å². The second kappa shape index (κ2) is 8.39. The van der Waals surface area contributed by atoms with E-state index in [0.717, 1.165) is 37.8 Å². The zero-order chi connectivity index (χ0) is 15.1. The van der Waals surface area contributed by atoms with Gasteiger partial charge < -0.3 is 19.5 Å². The van der Waals surface area contributed by atoms with Gasteiger partial charge in [-0.3, -0.25) is 0 Å². The Morgan fingerprint density at radius 1 is 1.33 bits per heavy atom. The Bertz CT molecular complexity index is 412. The zero-order valence-corrected chi connectivity index (χ0v) is 13.8. The fraction of sp³-hybridized carbons (Fsp3) is 0.812. The number of hydrogen-bond acceptors (Lipinski definition) is 4. The molecule has 1 aliphatic rings. The van der Waals surface area contributed by atoms with Gasteiger partial charge in [-0.15, -0.1) is 0 Å². The highest BCUT2D eigenvalue weighted by Gasteiger charge is 2.16. The van der Waals surface area contributed by atoms with E-state index in [1.807, 2.05) is 0 Å². The van der Waals surface area contributed by atoms with Gasteiger partial charge in [0.25, 0.3) is 0 Å². The molecule has 5 nitrogen and oxygen atoms in total. The summed E-state index contributed by atoms with van der Waals surface area (Å²) < 4.78 is 7.35. The third-order valence-electron chi connectivity index (χ3n) is 3.98. The lowest BCUT2D eigenvalue weighted by Crippen LogP contribution is -2.27. The second-order valence-electron chi connectivity index (χ2n) is 6.24. The van der Waals surface area contributed by atoms with Crippen LogP contribution in [-0.4, -0.2) is 54.3 Å². The molecule has 1 aromatic heterocycles. The average Bonchev–Trinajstić information content (AvgIpc) is 3.05. The van der Waals surface area contributed by atoms with Crippen LogP contribution in [0.2, 0.25) is 0 Å². The monoisotopic (exact) mass is 294 g/mol. The van der Waals surface area contributed by atoms with Crippen LogP contribution in [0.15, 0.2) is 6.20 Å². The van der Waals surface area contributed by atoms with Crippen molar-refractivity contribution in [3.63, 3.8) is 0 Å². The predicted molar refractivity (Wildman–Crippen MR) is 86.8 cm³/mol. The minimum Gasteiger partial charge on any atom is -0.385 e. The maximum absolute atomic E-state index is 5.08. The molecule has 0 bridgehead atoms. The summed E-state index contributed by atoms with van der Waals surface area (Å²) in [5.74, 6) is 1.65. The Balaban J connectivity index is 1.83. The van der Waals surface area contributed by atoms with Crippen molar-refractivity contribution in [2.75, 3.05) is 45.2 Å². The summed E-state index contributed by atoms with van der Waals surface area (Å²) in [6, 6.07) is 0. The van der Waals surface area contributed by atoms with E-state index in [1.54, 1.807) is 7.11 Å². The summed E-state index contributed by atoms with van der Waals surface area (Å²) in [4.78, 5) is 7.17. The molecular weight excluding hydrogens is 264 g/mol. The van der Waals surface area contributed by atoms with Crippen molar-refractivity contribution in [2.24, 2.45) is 5.92 Å². The number of imidazole rings is 1. The SMILES string of the molecule is COCCCNc1nc(C)cn1CC(C)CN1CCCC1. The van der Waals surface area contributed by atoms with E-state index in [4.69, 9.17) is 4.74 Å². The highest BCUT2D eigenvalue weighted by Crippen LogP contribution is 2.15. The largest absolute Gasteiger partial charge is 0.385 e. The van der Waals surface area contributed by atoms with Crippen LogP contribution < -0.4 is 5.32 Å². The normalized spacial score (nSPS) is 17.3. The molecule has 1 saturated heterocycles. The quantitative estimate of drug-likeness (QED) is 0.710. The van der Waals surface area contributed by atoms with Gasteiger partial charge in [0.1, 0.15) is 0 Å². The van der Waals surface area contributed by atoms with Gasteiger partial charge in [-0.25, -0.2) is 4.98 Å². The smallest absolute Gasteiger partial charge is 0.203 e. The van der Waals surface area contributed by atoms with Gasteiger partial charge in [0.15, 0.2) is 0 Å². The Morgan fingerprint density at radius 3 is 2.81 bits per heavy atom. The highest BCUT2D eigenvalue weighted by molar-refractivity contribution is 5.28. The summed E-state index contributed by atoms with van der Waals surface area (Å²) in [6.07, 6.45) is 5.89. The molecular formula is C16H30N4O. The molecule has 1 atom stereocenters. The average molecular weight is 294 g/mol. The Labute approximate surface area is 128 Å². The maximum atomic E-state index is 5.08. The summed E-state index contributed by atoms with van der Waals surface area (Å²) in [7, 11) is 1.74. The summed E-state index contributed by atoms with van der Waals surface area (Å²) >= 11 is 0. The summed E-state index contributed by atoms with van der Waals surface area (Å²) in [6.45, 7) is 10.9. The molecule has 120 valence electrons. The van der Waals surface area contributed by atoms with Crippen LogP contribution in [0, 0.1) is 12.8 Å². The van der Waals surface area contributed by atoms with Crippen LogP contribution in [0.4, 0.5) is 5.95 Å². The van der Waals surface area contributed by atoms with Crippen molar-refractivity contribution in [1.29, 1.82) is 0 Å². The first-order chi connectivity index (χ1) is 10.2. The molecule has 0 aliphatic carbocycles. The number of methoxy groups -OCH3 is 1. The van der Waals surface area contributed by atoms with E-state index in [2.05, 4.69) is 39.8 Å². The Hall–Kier alpha value is -1.07. The minimum atomic E-state index is 0.649. The van der Waals surface area contributed by atoms with Crippen molar-refractivity contribution < 1.29 is 4.74 Å². The number of aromatic nitrogens is 2. The van der Waals surface area contributed by atoms with Gasteiger partial charge in [0, 0.05) is 39.5 Å². The topological polar surface area (TPSA) is 42.3 Å².